The molecule has 0 amide bonds. The monoisotopic (exact) mass is 224 g/mol. The molecule has 0 saturated heterocycles. The summed E-state index contributed by atoms with van der Waals surface area (Å²) in [7, 11) is 0. The van der Waals surface area contributed by atoms with E-state index in [2.05, 4.69) is 0 Å². The molecule has 0 aliphatic carbocycles. The second-order valence-corrected chi connectivity index (χ2v) is 3.66. The van der Waals surface area contributed by atoms with Crippen molar-refractivity contribution >= 4 is 11.8 Å². The van der Waals surface area contributed by atoms with Crippen molar-refractivity contribution in [1.29, 1.82) is 0 Å². The molecule has 0 heterocycles. The van der Waals surface area contributed by atoms with E-state index < -0.39 is 23.3 Å². The van der Waals surface area contributed by atoms with Gasteiger partial charge < -0.3 is 0 Å². The van der Waals surface area contributed by atoms with Gasteiger partial charge in [0.2, 0.25) is 0 Å². The van der Waals surface area contributed by atoms with E-state index in [0.717, 1.165) is 0 Å². The van der Waals surface area contributed by atoms with Crippen molar-refractivity contribution in [2.24, 2.45) is 0 Å². The zero-order valence-electron chi connectivity index (χ0n) is 7.63. The lowest BCUT2D eigenvalue weighted by molar-refractivity contribution is 0.402. The summed E-state index contributed by atoms with van der Waals surface area (Å²) in [6, 6.07) is 0. The standard InChI is InChI=1S/C9H8F4S/c1-4-5(3-14-2)7(11)9(13)8(12)6(4)10/h3H2,1-2H3. The van der Waals surface area contributed by atoms with Crippen LogP contribution in [0.2, 0.25) is 0 Å². The molecule has 0 fully saturated rings. The minimum Gasteiger partial charge on any atom is -0.203 e. The van der Waals surface area contributed by atoms with Crippen LogP contribution in [0.15, 0.2) is 0 Å². The summed E-state index contributed by atoms with van der Waals surface area (Å²) in [5.74, 6) is -5.98. The molecule has 1 aromatic rings. The zero-order chi connectivity index (χ0) is 10.9. The molecular weight excluding hydrogens is 216 g/mol. The lowest BCUT2D eigenvalue weighted by Crippen LogP contribution is -2.05. The largest absolute Gasteiger partial charge is 0.203 e. The van der Waals surface area contributed by atoms with Crippen LogP contribution in [0.4, 0.5) is 17.6 Å². The van der Waals surface area contributed by atoms with Gasteiger partial charge in [0.1, 0.15) is 0 Å². The molecular formula is C9H8F4S. The maximum Gasteiger partial charge on any atom is 0.197 e. The molecule has 1 aromatic carbocycles. The van der Waals surface area contributed by atoms with Gasteiger partial charge in [-0.25, -0.2) is 17.6 Å². The lowest BCUT2D eigenvalue weighted by Gasteiger charge is -2.08. The Hall–Kier alpha value is -0.710. The van der Waals surface area contributed by atoms with E-state index in [-0.39, 0.29) is 16.9 Å². The lowest BCUT2D eigenvalue weighted by atomic mass is 10.1. The zero-order valence-corrected chi connectivity index (χ0v) is 8.44. The molecule has 14 heavy (non-hydrogen) atoms. The molecule has 0 aromatic heterocycles. The highest BCUT2D eigenvalue weighted by atomic mass is 32.2. The SMILES string of the molecule is CSCc1c(C)c(F)c(F)c(F)c1F. The molecule has 0 aliphatic heterocycles. The van der Waals surface area contributed by atoms with E-state index in [1.54, 1.807) is 6.26 Å². The first-order chi connectivity index (χ1) is 6.50. The van der Waals surface area contributed by atoms with E-state index >= 15 is 0 Å². The summed E-state index contributed by atoms with van der Waals surface area (Å²) >= 11 is 1.21. The van der Waals surface area contributed by atoms with Crippen LogP contribution in [0.1, 0.15) is 11.1 Å². The van der Waals surface area contributed by atoms with E-state index in [0.29, 0.717) is 0 Å². The van der Waals surface area contributed by atoms with Crippen LogP contribution in [0.25, 0.3) is 0 Å². The van der Waals surface area contributed by atoms with Crippen LogP contribution < -0.4 is 0 Å². The van der Waals surface area contributed by atoms with Gasteiger partial charge in [-0.15, -0.1) is 0 Å². The summed E-state index contributed by atoms with van der Waals surface area (Å²) in [4.78, 5) is 0. The Morgan fingerprint density at radius 2 is 1.43 bits per heavy atom. The third-order valence-corrected chi connectivity index (χ3v) is 2.49. The number of thioether (sulfide) groups is 1. The maximum atomic E-state index is 13.1. The summed E-state index contributed by atoms with van der Waals surface area (Å²) in [6.45, 7) is 1.23. The summed E-state index contributed by atoms with van der Waals surface area (Å²) in [6.07, 6.45) is 1.66. The minimum atomic E-state index is -1.75. The Labute approximate surface area is 83.3 Å². The van der Waals surface area contributed by atoms with E-state index in [9.17, 15) is 17.6 Å². The van der Waals surface area contributed by atoms with E-state index in [1.165, 1.54) is 18.7 Å². The molecule has 0 aliphatic rings. The molecule has 0 bridgehead atoms. The predicted octanol–water partition coefficient (Wildman–Crippen LogP) is 3.41. The van der Waals surface area contributed by atoms with Gasteiger partial charge in [-0.1, -0.05) is 0 Å². The molecule has 0 spiro atoms. The van der Waals surface area contributed by atoms with Crippen LogP contribution in [0, 0.1) is 30.2 Å². The van der Waals surface area contributed by atoms with Gasteiger partial charge in [0.15, 0.2) is 23.3 Å². The van der Waals surface area contributed by atoms with E-state index in [4.69, 9.17) is 0 Å². The van der Waals surface area contributed by atoms with E-state index in [1.807, 2.05) is 0 Å². The van der Waals surface area contributed by atoms with Crippen LogP contribution in [-0.2, 0) is 5.75 Å². The Bertz CT molecular complexity index is 333. The Morgan fingerprint density at radius 1 is 0.929 bits per heavy atom. The summed E-state index contributed by atoms with van der Waals surface area (Å²) < 4.78 is 51.5. The smallest absolute Gasteiger partial charge is 0.197 e. The highest BCUT2D eigenvalue weighted by Crippen LogP contribution is 2.25. The third-order valence-electron chi connectivity index (χ3n) is 1.91. The Kier molecular flexibility index (Phi) is 3.42. The van der Waals surface area contributed by atoms with Gasteiger partial charge in [-0.05, 0) is 18.7 Å². The molecule has 0 nitrogen and oxygen atoms in total. The van der Waals surface area contributed by atoms with Crippen molar-refractivity contribution in [3.8, 4) is 0 Å². The topological polar surface area (TPSA) is 0 Å². The van der Waals surface area contributed by atoms with Crippen molar-refractivity contribution in [1.82, 2.24) is 0 Å². The number of hydrogen-bond acceptors (Lipinski definition) is 1. The van der Waals surface area contributed by atoms with Crippen molar-refractivity contribution < 1.29 is 17.6 Å². The molecule has 0 radical (unpaired) electrons. The fourth-order valence-electron chi connectivity index (χ4n) is 1.10. The van der Waals surface area contributed by atoms with Crippen LogP contribution in [-0.4, -0.2) is 6.26 Å². The highest BCUT2D eigenvalue weighted by Gasteiger charge is 2.22. The molecule has 0 N–H and O–H groups in total. The molecule has 0 saturated carbocycles. The van der Waals surface area contributed by atoms with Gasteiger partial charge in [0.05, 0.1) is 0 Å². The Balaban J connectivity index is 3.43. The molecule has 5 heteroatoms. The van der Waals surface area contributed by atoms with Crippen molar-refractivity contribution in [2.45, 2.75) is 12.7 Å². The molecule has 0 atom stereocenters. The quantitative estimate of drug-likeness (QED) is 0.421. The summed E-state index contributed by atoms with van der Waals surface area (Å²) in [5.41, 5.74) is -0.287. The first-order valence-electron chi connectivity index (χ1n) is 3.81. The Morgan fingerprint density at radius 3 is 1.93 bits per heavy atom. The average molecular weight is 224 g/mol. The number of rotatable bonds is 2. The molecule has 0 unspecified atom stereocenters. The van der Waals surface area contributed by atoms with Crippen molar-refractivity contribution in [3.05, 3.63) is 34.4 Å². The van der Waals surface area contributed by atoms with Crippen LogP contribution in [0.5, 0.6) is 0 Å². The second-order valence-electron chi connectivity index (χ2n) is 2.79. The van der Waals surface area contributed by atoms with Crippen LogP contribution >= 0.6 is 11.8 Å². The van der Waals surface area contributed by atoms with Crippen LogP contribution in [0.3, 0.4) is 0 Å². The van der Waals surface area contributed by atoms with Gasteiger partial charge >= 0.3 is 0 Å². The number of halogens is 4. The predicted molar refractivity (Wildman–Crippen MR) is 48.2 cm³/mol. The molecule has 78 valence electrons. The maximum absolute atomic E-state index is 13.1. The fourth-order valence-corrected chi connectivity index (χ4v) is 1.73. The second kappa shape index (κ2) is 4.21. The number of benzene rings is 1. The summed E-state index contributed by atoms with van der Waals surface area (Å²) in [5, 5.41) is 0. The van der Waals surface area contributed by atoms with Gasteiger partial charge in [-0.2, -0.15) is 11.8 Å². The van der Waals surface area contributed by atoms with Gasteiger partial charge in [0, 0.05) is 11.3 Å². The fraction of sp³-hybridized carbons (Fsp3) is 0.333. The normalized spacial score (nSPS) is 10.7. The average Bonchev–Trinajstić information content (AvgIpc) is 2.19. The third kappa shape index (κ3) is 1.73. The number of hydrogen-bond donors (Lipinski definition) is 0. The first-order valence-corrected chi connectivity index (χ1v) is 5.20. The highest BCUT2D eigenvalue weighted by molar-refractivity contribution is 7.97. The molecule has 1 rings (SSSR count). The van der Waals surface area contributed by atoms with Crippen molar-refractivity contribution in [3.63, 3.8) is 0 Å². The van der Waals surface area contributed by atoms with Gasteiger partial charge in [-0.3, -0.25) is 0 Å². The minimum absolute atomic E-state index is 0.117. The first kappa shape index (κ1) is 11.4. The van der Waals surface area contributed by atoms with Crippen molar-refractivity contribution in [2.75, 3.05) is 6.26 Å². The van der Waals surface area contributed by atoms with Gasteiger partial charge in [0.25, 0.3) is 0 Å².